The molecule has 8 heteroatoms. The summed E-state index contributed by atoms with van der Waals surface area (Å²) in [5.41, 5.74) is 1.74. The van der Waals surface area contributed by atoms with E-state index in [0.717, 1.165) is 5.39 Å². The van der Waals surface area contributed by atoms with Gasteiger partial charge in [0.2, 0.25) is 0 Å². The van der Waals surface area contributed by atoms with E-state index in [9.17, 15) is 9.59 Å². The predicted molar refractivity (Wildman–Crippen MR) is 102 cm³/mol. The lowest BCUT2D eigenvalue weighted by Gasteiger charge is -2.08. The van der Waals surface area contributed by atoms with E-state index < -0.39 is 18.5 Å². The molecule has 0 aliphatic rings. The Kier molecular flexibility index (Phi) is 5.82. The molecule has 3 rings (SSSR count). The van der Waals surface area contributed by atoms with Gasteiger partial charge in [0.15, 0.2) is 6.61 Å². The molecule has 0 radical (unpaired) electrons. The van der Waals surface area contributed by atoms with Crippen LogP contribution in [0.5, 0.6) is 5.75 Å². The van der Waals surface area contributed by atoms with Crippen LogP contribution in [-0.4, -0.2) is 25.6 Å². The van der Waals surface area contributed by atoms with E-state index in [1.54, 1.807) is 31.4 Å². The van der Waals surface area contributed by atoms with Crippen molar-refractivity contribution >= 4 is 40.1 Å². The Hall–Kier alpha value is -3.50. The van der Waals surface area contributed by atoms with Gasteiger partial charge in [-0.2, -0.15) is 5.26 Å². The first kappa shape index (κ1) is 19.3. The van der Waals surface area contributed by atoms with Crippen molar-refractivity contribution in [1.29, 1.82) is 5.26 Å². The van der Waals surface area contributed by atoms with E-state index in [4.69, 9.17) is 30.8 Å². The Balaban J connectivity index is 1.58. The molecule has 0 atom stereocenters. The molecule has 1 heterocycles. The van der Waals surface area contributed by atoms with Crippen LogP contribution in [-0.2, 0) is 20.7 Å². The number of hydrogen-bond acceptors (Lipinski definition) is 6. The van der Waals surface area contributed by atoms with E-state index in [1.165, 1.54) is 18.4 Å². The quantitative estimate of drug-likeness (QED) is 0.635. The number of ether oxygens (including phenoxy) is 2. The van der Waals surface area contributed by atoms with Gasteiger partial charge >= 0.3 is 5.97 Å². The zero-order chi connectivity index (χ0) is 20.1. The third-order valence-corrected chi connectivity index (χ3v) is 4.17. The van der Waals surface area contributed by atoms with Crippen molar-refractivity contribution in [1.82, 2.24) is 0 Å². The van der Waals surface area contributed by atoms with Crippen molar-refractivity contribution in [2.75, 3.05) is 19.0 Å². The molecule has 0 aliphatic heterocycles. The van der Waals surface area contributed by atoms with Crippen molar-refractivity contribution in [3.8, 4) is 11.8 Å². The van der Waals surface area contributed by atoms with Gasteiger partial charge in [-0.15, -0.1) is 0 Å². The number of amides is 1. The molecule has 1 amide bonds. The number of hydrogen-bond donors (Lipinski definition) is 1. The fourth-order valence-corrected chi connectivity index (χ4v) is 2.76. The van der Waals surface area contributed by atoms with Gasteiger partial charge in [0.1, 0.15) is 17.4 Å². The smallest absolute Gasteiger partial charge is 0.310 e. The van der Waals surface area contributed by atoms with Crippen LogP contribution < -0.4 is 10.1 Å². The minimum atomic E-state index is -0.583. The summed E-state index contributed by atoms with van der Waals surface area (Å²) in [5.74, 6) is -0.514. The second-order valence-electron chi connectivity index (χ2n) is 5.81. The second kappa shape index (κ2) is 8.46. The fourth-order valence-electron chi connectivity index (χ4n) is 2.58. The number of nitrogens with one attached hydrogen (secondary N) is 1. The molecule has 3 aromatic rings. The molecule has 1 N–H and O–H groups in total. The lowest BCUT2D eigenvalue weighted by Crippen LogP contribution is -2.22. The van der Waals surface area contributed by atoms with Crippen molar-refractivity contribution in [2.45, 2.75) is 6.42 Å². The SMILES string of the molecule is COc1ccc2c(CC(=O)OCC(=O)Nc3cc(Cl)ccc3C#N)coc2c1. The van der Waals surface area contributed by atoms with Crippen molar-refractivity contribution in [2.24, 2.45) is 0 Å². The lowest BCUT2D eigenvalue weighted by atomic mass is 10.1. The largest absolute Gasteiger partial charge is 0.497 e. The summed E-state index contributed by atoms with van der Waals surface area (Å²) in [6, 6.07) is 11.7. The molecular formula is C20H15ClN2O5. The van der Waals surface area contributed by atoms with Crippen LogP contribution in [0.2, 0.25) is 5.02 Å². The highest BCUT2D eigenvalue weighted by Gasteiger charge is 2.14. The maximum absolute atomic E-state index is 12.1. The Bertz CT molecular complexity index is 1080. The second-order valence-corrected chi connectivity index (χ2v) is 6.25. The summed E-state index contributed by atoms with van der Waals surface area (Å²) in [6.07, 6.45) is 1.42. The fraction of sp³-hybridized carbons (Fsp3) is 0.150. The summed E-state index contributed by atoms with van der Waals surface area (Å²) in [5, 5.41) is 12.7. The molecular weight excluding hydrogens is 384 g/mol. The number of nitriles is 1. The van der Waals surface area contributed by atoms with E-state index in [-0.39, 0.29) is 17.7 Å². The summed E-state index contributed by atoms with van der Waals surface area (Å²) in [4.78, 5) is 24.1. The topological polar surface area (TPSA) is 102 Å². The van der Waals surface area contributed by atoms with Gasteiger partial charge in [0.25, 0.3) is 5.91 Å². The molecule has 0 unspecified atom stereocenters. The highest BCUT2D eigenvalue weighted by molar-refractivity contribution is 6.31. The van der Waals surface area contributed by atoms with E-state index in [1.807, 2.05) is 6.07 Å². The van der Waals surface area contributed by atoms with E-state index in [0.29, 0.717) is 21.9 Å². The van der Waals surface area contributed by atoms with Crippen LogP contribution in [0.4, 0.5) is 5.69 Å². The van der Waals surface area contributed by atoms with Gasteiger partial charge in [0.05, 0.1) is 31.0 Å². The lowest BCUT2D eigenvalue weighted by molar-refractivity contribution is -0.146. The van der Waals surface area contributed by atoms with Gasteiger partial charge in [0, 0.05) is 22.0 Å². The maximum Gasteiger partial charge on any atom is 0.310 e. The molecule has 1 aromatic heterocycles. The summed E-state index contributed by atoms with van der Waals surface area (Å²) in [6.45, 7) is -0.486. The standard InChI is InChI=1S/C20H15ClN2O5/c1-26-15-4-5-16-13(10-27-18(16)8-15)6-20(25)28-11-19(24)23-17-7-14(21)3-2-12(17)9-22/h2-5,7-8,10H,6,11H2,1H3,(H,23,24). The third-order valence-electron chi connectivity index (χ3n) is 3.94. The Morgan fingerprint density at radius 2 is 2.07 bits per heavy atom. The first-order chi connectivity index (χ1) is 13.5. The van der Waals surface area contributed by atoms with Gasteiger partial charge < -0.3 is 19.2 Å². The van der Waals surface area contributed by atoms with Gasteiger partial charge in [-0.1, -0.05) is 11.6 Å². The highest BCUT2D eigenvalue weighted by Crippen LogP contribution is 2.26. The molecule has 28 heavy (non-hydrogen) atoms. The van der Waals surface area contributed by atoms with Crippen LogP contribution in [0.15, 0.2) is 47.1 Å². The molecule has 2 aromatic carbocycles. The monoisotopic (exact) mass is 398 g/mol. The minimum Gasteiger partial charge on any atom is -0.497 e. The zero-order valence-corrected chi connectivity index (χ0v) is 15.6. The van der Waals surface area contributed by atoms with Crippen LogP contribution in [0, 0.1) is 11.3 Å². The summed E-state index contributed by atoms with van der Waals surface area (Å²) < 4.78 is 15.6. The number of rotatable bonds is 6. The van der Waals surface area contributed by atoms with Crippen LogP contribution in [0.3, 0.4) is 0 Å². The number of carbonyl (C=O) groups is 2. The first-order valence-corrected chi connectivity index (χ1v) is 8.57. The molecule has 0 saturated carbocycles. The first-order valence-electron chi connectivity index (χ1n) is 8.19. The zero-order valence-electron chi connectivity index (χ0n) is 14.8. The number of fused-ring (bicyclic) bond motifs is 1. The minimum absolute atomic E-state index is 0.0484. The molecule has 142 valence electrons. The van der Waals surface area contributed by atoms with Crippen LogP contribution in [0.25, 0.3) is 11.0 Å². The number of carbonyl (C=O) groups excluding carboxylic acids is 2. The van der Waals surface area contributed by atoms with Gasteiger partial charge in [-0.3, -0.25) is 9.59 Å². The molecule has 0 aliphatic carbocycles. The third kappa shape index (κ3) is 4.42. The number of halogens is 1. The van der Waals surface area contributed by atoms with Crippen LogP contribution >= 0.6 is 11.6 Å². The van der Waals surface area contributed by atoms with Crippen LogP contribution in [0.1, 0.15) is 11.1 Å². The number of esters is 1. The number of anilines is 1. The summed E-state index contributed by atoms with van der Waals surface area (Å²) in [7, 11) is 1.55. The number of methoxy groups -OCH3 is 1. The predicted octanol–water partition coefficient (Wildman–Crippen LogP) is 3.69. The normalized spacial score (nSPS) is 10.3. The average molecular weight is 399 g/mol. The molecule has 7 nitrogen and oxygen atoms in total. The molecule has 0 bridgehead atoms. The Morgan fingerprint density at radius 3 is 2.82 bits per heavy atom. The van der Waals surface area contributed by atoms with E-state index in [2.05, 4.69) is 5.32 Å². The highest BCUT2D eigenvalue weighted by atomic mass is 35.5. The van der Waals surface area contributed by atoms with Crippen molar-refractivity contribution in [3.63, 3.8) is 0 Å². The number of benzene rings is 2. The number of nitrogens with zero attached hydrogens (tertiary/aromatic N) is 1. The Labute approximate surface area is 165 Å². The van der Waals surface area contributed by atoms with E-state index >= 15 is 0 Å². The maximum atomic E-state index is 12.1. The number of furan rings is 1. The molecule has 0 spiro atoms. The van der Waals surface area contributed by atoms with Crippen molar-refractivity contribution in [3.05, 3.63) is 58.8 Å². The van der Waals surface area contributed by atoms with Crippen molar-refractivity contribution < 1.29 is 23.5 Å². The molecule has 0 fully saturated rings. The summed E-state index contributed by atoms with van der Waals surface area (Å²) >= 11 is 5.87. The van der Waals surface area contributed by atoms with Gasteiger partial charge in [-0.05, 0) is 30.3 Å². The Morgan fingerprint density at radius 1 is 1.25 bits per heavy atom. The average Bonchev–Trinajstić information content (AvgIpc) is 3.08. The van der Waals surface area contributed by atoms with Gasteiger partial charge in [-0.25, -0.2) is 0 Å². The molecule has 0 saturated heterocycles.